The monoisotopic (exact) mass is 206 g/mol. The molecule has 0 aliphatic carbocycles. The number of benzene rings is 1. The Balaban J connectivity index is 2.71. The van der Waals surface area contributed by atoms with E-state index in [1.54, 1.807) is 0 Å². The van der Waals surface area contributed by atoms with Crippen LogP contribution in [0.1, 0.15) is 12.0 Å². The minimum atomic E-state index is -0.964. The van der Waals surface area contributed by atoms with E-state index >= 15 is 0 Å². The molecular formula is C12H14O3. The number of hydrogen-bond donors (Lipinski definition) is 2. The summed E-state index contributed by atoms with van der Waals surface area (Å²) in [7, 11) is 0. The highest BCUT2D eigenvalue weighted by Gasteiger charge is 2.01. The normalized spacial score (nSPS) is 11.4. The molecule has 3 heteroatoms. The number of carbonyl (C=O) groups is 1. The third-order valence-corrected chi connectivity index (χ3v) is 2.03. The fourth-order valence-corrected chi connectivity index (χ4v) is 1.39. The van der Waals surface area contributed by atoms with Gasteiger partial charge >= 0.3 is 5.97 Å². The highest BCUT2D eigenvalue weighted by atomic mass is 16.4. The molecule has 0 saturated heterocycles. The van der Waals surface area contributed by atoms with E-state index < -0.39 is 5.97 Å². The molecule has 0 heterocycles. The van der Waals surface area contributed by atoms with Gasteiger partial charge in [0.2, 0.25) is 0 Å². The van der Waals surface area contributed by atoms with E-state index in [0.717, 1.165) is 11.1 Å². The average molecular weight is 206 g/mol. The first kappa shape index (κ1) is 11.5. The third kappa shape index (κ3) is 4.42. The molecule has 0 aromatic heterocycles. The fourth-order valence-electron chi connectivity index (χ4n) is 1.39. The minimum Gasteiger partial charge on any atom is -0.478 e. The molecule has 0 aliphatic heterocycles. The van der Waals surface area contributed by atoms with Gasteiger partial charge in [-0.05, 0) is 18.4 Å². The maximum absolute atomic E-state index is 10.5. The number of aliphatic hydroxyl groups is 1. The molecule has 3 nitrogen and oxygen atoms in total. The van der Waals surface area contributed by atoms with Crippen molar-refractivity contribution in [3.8, 4) is 0 Å². The van der Waals surface area contributed by atoms with Crippen LogP contribution in [0.15, 0.2) is 42.0 Å². The second-order valence-corrected chi connectivity index (χ2v) is 3.28. The molecule has 2 N–H and O–H groups in total. The van der Waals surface area contributed by atoms with Crippen LogP contribution in [0, 0.1) is 0 Å². The quantitative estimate of drug-likeness (QED) is 0.720. The Hall–Kier alpha value is -1.61. The van der Waals surface area contributed by atoms with E-state index in [2.05, 4.69) is 0 Å². The molecule has 1 rings (SSSR count). The van der Waals surface area contributed by atoms with Crippen LogP contribution in [0.25, 0.3) is 0 Å². The Morgan fingerprint density at radius 3 is 2.47 bits per heavy atom. The van der Waals surface area contributed by atoms with Gasteiger partial charge < -0.3 is 10.2 Å². The zero-order valence-electron chi connectivity index (χ0n) is 8.39. The van der Waals surface area contributed by atoms with Crippen LogP contribution in [0.2, 0.25) is 0 Å². The maximum atomic E-state index is 10.5. The van der Waals surface area contributed by atoms with Crippen LogP contribution in [-0.4, -0.2) is 22.8 Å². The topological polar surface area (TPSA) is 57.5 Å². The van der Waals surface area contributed by atoms with Gasteiger partial charge in [-0.2, -0.15) is 0 Å². The first-order chi connectivity index (χ1) is 7.22. The molecule has 0 amide bonds. The van der Waals surface area contributed by atoms with Crippen molar-refractivity contribution >= 4 is 5.97 Å². The number of hydrogen-bond acceptors (Lipinski definition) is 2. The van der Waals surface area contributed by atoms with E-state index in [4.69, 9.17) is 10.2 Å². The predicted molar refractivity (Wildman–Crippen MR) is 57.6 cm³/mol. The van der Waals surface area contributed by atoms with Crippen molar-refractivity contribution in [3.63, 3.8) is 0 Å². The van der Waals surface area contributed by atoms with Crippen molar-refractivity contribution in [3.05, 3.63) is 47.5 Å². The van der Waals surface area contributed by atoms with Crippen molar-refractivity contribution in [1.82, 2.24) is 0 Å². The molecule has 1 aromatic carbocycles. The summed E-state index contributed by atoms with van der Waals surface area (Å²) in [4.78, 5) is 10.5. The van der Waals surface area contributed by atoms with Gasteiger partial charge in [-0.25, -0.2) is 4.79 Å². The Labute approximate surface area is 88.7 Å². The molecule has 0 unspecified atom stereocenters. The molecule has 15 heavy (non-hydrogen) atoms. The second kappa shape index (κ2) is 5.98. The summed E-state index contributed by atoms with van der Waals surface area (Å²) in [6.45, 7) is -0.0219. The Bertz CT molecular complexity index is 341. The van der Waals surface area contributed by atoms with Crippen LogP contribution in [0.4, 0.5) is 0 Å². The minimum absolute atomic E-state index is 0.0219. The van der Waals surface area contributed by atoms with Gasteiger partial charge in [0.1, 0.15) is 0 Å². The molecule has 0 bridgehead atoms. The number of aliphatic carboxylic acids is 1. The Kier molecular flexibility index (Phi) is 4.57. The van der Waals surface area contributed by atoms with Crippen LogP contribution in [-0.2, 0) is 11.2 Å². The van der Waals surface area contributed by atoms with Gasteiger partial charge in [0.05, 0.1) is 0 Å². The lowest BCUT2D eigenvalue weighted by atomic mass is 10.0. The number of carboxylic acids is 1. The Morgan fingerprint density at radius 2 is 1.93 bits per heavy atom. The van der Waals surface area contributed by atoms with E-state index in [1.165, 1.54) is 6.08 Å². The summed E-state index contributed by atoms with van der Waals surface area (Å²) in [5.41, 5.74) is 1.79. The molecule has 0 fully saturated rings. The van der Waals surface area contributed by atoms with Crippen molar-refractivity contribution in [2.45, 2.75) is 12.8 Å². The summed E-state index contributed by atoms with van der Waals surface area (Å²) >= 11 is 0. The van der Waals surface area contributed by atoms with Gasteiger partial charge in [0.15, 0.2) is 0 Å². The molecular weight excluding hydrogens is 192 g/mol. The number of rotatable bonds is 5. The standard InChI is InChI=1S/C12H14O3/c13-7-6-11(9-12(14)15)8-10-4-2-1-3-5-10/h1-5,9,13H,6-8H2,(H,14,15). The second-order valence-electron chi connectivity index (χ2n) is 3.28. The largest absolute Gasteiger partial charge is 0.478 e. The molecule has 0 atom stereocenters. The van der Waals surface area contributed by atoms with E-state index in [-0.39, 0.29) is 6.61 Å². The molecule has 0 spiro atoms. The predicted octanol–water partition coefficient (Wildman–Crippen LogP) is 1.62. The lowest BCUT2D eigenvalue weighted by molar-refractivity contribution is -0.131. The third-order valence-electron chi connectivity index (χ3n) is 2.03. The molecule has 80 valence electrons. The lowest BCUT2D eigenvalue weighted by Gasteiger charge is -2.04. The Morgan fingerprint density at radius 1 is 1.27 bits per heavy atom. The summed E-state index contributed by atoms with van der Waals surface area (Å²) in [5.74, 6) is -0.964. The first-order valence-electron chi connectivity index (χ1n) is 4.79. The van der Waals surface area contributed by atoms with Crippen molar-refractivity contribution in [1.29, 1.82) is 0 Å². The maximum Gasteiger partial charge on any atom is 0.328 e. The summed E-state index contributed by atoms with van der Waals surface area (Å²) in [6.07, 6.45) is 2.15. The SMILES string of the molecule is O=C(O)C=C(CCO)Cc1ccccc1. The summed E-state index contributed by atoms with van der Waals surface area (Å²) in [6, 6.07) is 9.61. The van der Waals surface area contributed by atoms with Gasteiger partial charge in [-0.3, -0.25) is 0 Å². The smallest absolute Gasteiger partial charge is 0.328 e. The van der Waals surface area contributed by atoms with E-state index in [0.29, 0.717) is 12.8 Å². The first-order valence-corrected chi connectivity index (χ1v) is 4.79. The van der Waals surface area contributed by atoms with Gasteiger partial charge in [0, 0.05) is 12.7 Å². The van der Waals surface area contributed by atoms with Crippen LogP contribution in [0.3, 0.4) is 0 Å². The highest BCUT2D eigenvalue weighted by Crippen LogP contribution is 2.10. The van der Waals surface area contributed by atoms with Crippen molar-refractivity contribution < 1.29 is 15.0 Å². The van der Waals surface area contributed by atoms with Gasteiger partial charge in [0.25, 0.3) is 0 Å². The average Bonchev–Trinajstić information content (AvgIpc) is 2.18. The highest BCUT2D eigenvalue weighted by molar-refractivity contribution is 5.80. The number of aliphatic hydroxyl groups excluding tert-OH is 1. The van der Waals surface area contributed by atoms with Crippen molar-refractivity contribution in [2.24, 2.45) is 0 Å². The molecule has 0 radical (unpaired) electrons. The van der Waals surface area contributed by atoms with Crippen molar-refractivity contribution in [2.75, 3.05) is 6.61 Å². The summed E-state index contributed by atoms with van der Waals surface area (Å²) in [5, 5.41) is 17.4. The van der Waals surface area contributed by atoms with Gasteiger partial charge in [-0.15, -0.1) is 0 Å². The van der Waals surface area contributed by atoms with Crippen LogP contribution >= 0.6 is 0 Å². The molecule has 0 saturated carbocycles. The van der Waals surface area contributed by atoms with Crippen LogP contribution in [0.5, 0.6) is 0 Å². The van der Waals surface area contributed by atoms with E-state index in [9.17, 15) is 4.79 Å². The van der Waals surface area contributed by atoms with E-state index in [1.807, 2.05) is 30.3 Å². The zero-order chi connectivity index (χ0) is 11.1. The lowest BCUT2D eigenvalue weighted by Crippen LogP contribution is -1.98. The molecule has 0 aliphatic rings. The fraction of sp³-hybridized carbons (Fsp3) is 0.250. The summed E-state index contributed by atoms with van der Waals surface area (Å²) < 4.78 is 0. The number of carboxylic acid groups (broad SMARTS) is 1. The van der Waals surface area contributed by atoms with Crippen LogP contribution < -0.4 is 0 Å². The van der Waals surface area contributed by atoms with Gasteiger partial charge in [-0.1, -0.05) is 35.9 Å². The molecule has 1 aromatic rings. The zero-order valence-corrected chi connectivity index (χ0v) is 8.39.